The van der Waals surface area contributed by atoms with Gasteiger partial charge in [0.05, 0.1) is 24.9 Å². The molecule has 0 aromatic carbocycles. The summed E-state index contributed by atoms with van der Waals surface area (Å²) in [6.07, 6.45) is 16.8. The minimum Gasteiger partial charge on any atom is -0.457 e. The monoisotopic (exact) mass is 527 g/mol. The van der Waals surface area contributed by atoms with Gasteiger partial charge in [-0.2, -0.15) is 0 Å². The number of esters is 1. The number of unbranched alkanes of at least 4 members (excludes halogenated alkanes) is 10. The second kappa shape index (κ2) is 20.2. The lowest BCUT2D eigenvalue weighted by Gasteiger charge is -2.27. The molecule has 0 aliphatic carbocycles. The Hall–Kier alpha value is -0.730. The molecule has 0 aromatic rings. The van der Waals surface area contributed by atoms with Crippen molar-refractivity contribution in [1.82, 2.24) is 4.90 Å². The molecule has 2 aliphatic rings. The van der Waals surface area contributed by atoms with Crippen LogP contribution in [0.15, 0.2) is 0 Å². The van der Waals surface area contributed by atoms with Crippen molar-refractivity contribution in [3.05, 3.63) is 0 Å². The van der Waals surface area contributed by atoms with Crippen molar-refractivity contribution in [2.24, 2.45) is 0 Å². The van der Waals surface area contributed by atoms with Gasteiger partial charge in [0.1, 0.15) is 6.10 Å². The Labute approximate surface area is 226 Å². The molecule has 2 rings (SSSR count). The lowest BCUT2D eigenvalue weighted by Crippen LogP contribution is -2.39. The molecular formula is C30H57NO6. The molecule has 7 nitrogen and oxygen atoms in total. The molecule has 2 N–H and O–H groups in total. The summed E-state index contributed by atoms with van der Waals surface area (Å²) >= 11 is 0. The van der Waals surface area contributed by atoms with E-state index in [1.165, 1.54) is 64.2 Å². The smallest absolute Gasteiger partial charge is 0.306 e. The molecule has 0 bridgehead atoms. The van der Waals surface area contributed by atoms with Crippen LogP contribution in [0, 0.1) is 0 Å². The third-order valence-electron chi connectivity index (χ3n) is 7.78. The summed E-state index contributed by atoms with van der Waals surface area (Å²) in [7, 11) is 0. The fraction of sp³-hybridized carbons (Fsp3) is 0.967. The molecule has 5 unspecified atom stereocenters. The Balaban J connectivity index is 1.70. The zero-order valence-corrected chi connectivity index (χ0v) is 23.9. The van der Waals surface area contributed by atoms with E-state index < -0.39 is 12.2 Å². The van der Waals surface area contributed by atoms with Gasteiger partial charge in [-0.25, -0.2) is 0 Å². The van der Waals surface area contributed by atoms with E-state index in [0.29, 0.717) is 45.7 Å². The fourth-order valence-electron chi connectivity index (χ4n) is 5.56. The Morgan fingerprint density at radius 2 is 1.41 bits per heavy atom. The fourth-order valence-corrected chi connectivity index (χ4v) is 5.56. The van der Waals surface area contributed by atoms with Crippen LogP contribution in [-0.4, -0.2) is 84.5 Å². The van der Waals surface area contributed by atoms with Crippen LogP contribution in [0.2, 0.25) is 0 Å². The average Bonchev–Trinajstić information content (AvgIpc) is 3.48. The largest absolute Gasteiger partial charge is 0.457 e. The molecule has 7 heteroatoms. The summed E-state index contributed by atoms with van der Waals surface area (Å²) in [5, 5.41) is 21.3. The average molecular weight is 528 g/mol. The maximum atomic E-state index is 12.5. The zero-order chi connectivity index (χ0) is 26.7. The van der Waals surface area contributed by atoms with E-state index in [9.17, 15) is 15.0 Å². The minimum atomic E-state index is -0.397. The zero-order valence-electron chi connectivity index (χ0n) is 23.9. The molecule has 0 spiro atoms. The molecule has 5 atom stereocenters. The van der Waals surface area contributed by atoms with E-state index in [1.807, 2.05) is 0 Å². The second-order valence-electron chi connectivity index (χ2n) is 11.3. The summed E-state index contributed by atoms with van der Waals surface area (Å²) < 4.78 is 17.0. The Morgan fingerprint density at radius 3 is 2.00 bits per heavy atom. The highest BCUT2D eigenvalue weighted by Gasteiger charge is 2.43. The summed E-state index contributed by atoms with van der Waals surface area (Å²) in [5.74, 6) is -0.218. The molecule has 2 fully saturated rings. The van der Waals surface area contributed by atoms with E-state index in [0.717, 1.165) is 32.1 Å². The molecule has 2 aliphatic heterocycles. The van der Waals surface area contributed by atoms with E-state index in [-0.39, 0.29) is 24.3 Å². The van der Waals surface area contributed by atoms with Crippen molar-refractivity contribution < 1.29 is 29.2 Å². The molecular weight excluding hydrogens is 470 g/mol. The van der Waals surface area contributed by atoms with Crippen LogP contribution in [0.1, 0.15) is 123 Å². The molecule has 0 aromatic heterocycles. The summed E-state index contributed by atoms with van der Waals surface area (Å²) in [5.41, 5.74) is 0. The first-order valence-electron chi connectivity index (χ1n) is 15.5. The van der Waals surface area contributed by atoms with Crippen LogP contribution in [0.3, 0.4) is 0 Å². The first-order valence-corrected chi connectivity index (χ1v) is 15.5. The third kappa shape index (κ3) is 14.3. The Bertz CT molecular complexity index is 552. The van der Waals surface area contributed by atoms with Crippen molar-refractivity contribution in [2.45, 2.75) is 154 Å². The minimum absolute atomic E-state index is 0.0644. The molecule has 0 radical (unpaired) electrons. The van der Waals surface area contributed by atoms with Gasteiger partial charge in [0.15, 0.2) is 6.10 Å². The van der Waals surface area contributed by atoms with E-state index in [2.05, 4.69) is 18.7 Å². The number of hydrogen-bond acceptors (Lipinski definition) is 7. The highest BCUT2D eigenvalue weighted by molar-refractivity contribution is 5.69. The molecule has 2 heterocycles. The van der Waals surface area contributed by atoms with Crippen molar-refractivity contribution >= 4 is 5.97 Å². The second-order valence-corrected chi connectivity index (χ2v) is 11.3. The first-order chi connectivity index (χ1) is 18.0. The van der Waals surface area contributed by atoms with Gasteiger partial charge in [-0.1, -0.05) is 90.9 Å². The molecule has 0 saturated carbocycles. The molecule has 218 valence electrons. The van der Waals surface area contributed by atoms with Crippen LogP contribution in [-0.2, 0) is 19.0 Å². The molecule has 0 amide bonds. The number of rotatable bonds is 23. The van der Waals surface area contributed by atoms with Crippen molar-refractivity contribution in [3.8, 4) is 0 Å². The van der Waals surface area contributed by atoms with Crippen LogP contribution in [0.4, 0.5) is 0 Å². The van der Waals surface area contributed by atoms with Gasteiger partial charge < -0.3 is 24.4 Å². The van der Waals surface area contributed by atoms with Crippen LogP contribution < -0.4 is 0 Å². The number of fused-ring (bicyclic) bond motifs is 1. The third-order valence-corrected chi connectivity index (χ3v) is 7.78. The van der Waals surface area contributed by atoms with Gasteiger partial charge >= 0.3 is 5.97 Å². The van der Waals surface area contributed by atoms with Crippen LogP contribution in [0.25, 0.3) is 0 Å². The SMILES string of the molecule is CCCCCCCCC(O)CN(CCCC(=O)OC1COC2CCOC21)CC(O)CCCCCCCC. The topological polar surface area (TPSA) is 88.5 Å². The number of aliphatic hydroxyl groups is 2. The summed E-state index contributed by atoms with van der Waals surface area (Å²) in [6, 6.07) is 0. The van der Waals surface area contributed by atoms with Gasteiger partial charge in [0.2, 0.25) is 0 Å². The predicted octanol–water partition coefficient (Wildman–Crippen LogP) is 5.39. The van der Waals surface area contributed by atoms with Crippen LogP contribution >= 0.6 is 0 Å². The first kappa shape index (κ1) is 32.5. The van der Waals surface area contributed by atoms with Crippen LogP contribution in [0.5, 0.6) is 0 Å². The van der Waals surface area contributed by atoms with Gasteiger partial charge in [0, 0.05) is 26.1 Å². The van der Waals surface area contributed by atoms with Gasteiger partial charge in [-0.15, -0.1) is 0 Å². The maximum Gasteiger partial charge on any atom is 0.306 e. The number of ether oxygens (including phenoxy) is 3. The Kier molecular flexibility index (Phi) is 17.7. The number of aliphatic hydroxyl groups excluding tert-OH is 2. The number of carbonyl (C=O) groups is 1. The summed E-state index contributed by atoms with van der Waals surface area (Å²) in [4.78, 5) is 14.6. The van der Waals surface area contributed by atoms with Crippen molar-refractivity contribution in [1.29, 1.82) is 0 Å². The highest BCUT2D eigenvalue weighted by Crippen LogP contribution is 2.28. The molecule has 2 saturated heterocycles. The van der Waals surface area contributed by atoms with Crippen molar-refractivity contribution in [3.63, 3.8) is 0 Å². The predicted molar refractivity (Wildman–Crippen MR) is 148 cm³/mol. The van der Waals surface area contributed by atoms with Gasteiger partial charge in [-0.3, -0.25) is 9.69 Å². The van der Waals surface area contributed by atoms with E-state index in [1.54, 1.807) is 0 Å². The van der Waals surface area contributed by atoms with Gasteiger partial charge in [-0.05, 0) is 32.2 Å². The number of hydrogen-bond donors (Lipinski definition) is 2. The number of carbonyl (C=O) groups excluding carboxylic acids is 1. The highest BCUT2D eigenvalue weighted by atomic mass is 16.6. The summed E-state index contributed by atoms with van der Waals surface area (Å²) in [6.45, 7) is 7.29. The number of nitrogens with zero attached hydrogens (tertiary/aromatic N) is 1. The molecule has 37 heavy (non-hydrogen) atoms. The maximum absolute atomic E-state index is 12.5. The van der Waals surface area contributed by atoms with E-state index >= 15 is 0 Å². The lowest BCUT2D eigenvalue weighted by molar-refractivity contribution is -0.153. The quantitative estimate of drug-likeness (QED) is 0.136. The van der Waals surface area contributed by atoms with Crippen molar-refractivity contribution in [2.75, 3.05) is 32.8 Å². The normalized spacial score (nSPS) is 22.9. The van der Waals surface area contributed by atoms with E-state index in [4.69, 9.17) is 14.2 Å². The lowest BCUT2D eigenvalue weighted by atomic mass is 10.1. The standard InChI is InChI=1S/C30H57NO6/c1-3-5-7-9-11-13-16-25(32)22-31(23-26(33)17-14-12-10-8-6-4-2)20-15-18-29(34)37-28-24-36-27-19-21-35-30(27)28/h25-28,30,32-33H,3-24H2,1-2H3. The Morgan fingerprint density at radius 1 is 0.838 bits per heavy atom. The van der Waals surface area contributed by atoms with Gasteiger partial charge in [0.25, 0.3) is 0 Å².